The Bertz CT molecular complexity index is 185. The van der Waals surface area contributed by atoms with Crippen LogP contribution in [0.25, 0.3) is 0 Å². The molecule has 0 aromatic rings. The van der Waals surface area contributed by atoms with Gasteiger partial charge in [-0.25, -0.2) is 0 Å². The van der Waals surface area contributed by atoms with E-state index in [4.69, 9.17) is 4.74 Å². The monoisotopic (exact) mass is 242 g/mol. The van der Waals surface area contributed by atoms with Crippen molar-refractivity contribution in [3.05, 3.63) is 0 Å². The van der Waals surface area contributed by atoms with Gasteiger partial charge < -0.3 is 15.0 Å². The molecule has 0 aromatic carbocycles. The molecule has 1 rings (SSSR count). The Balaban J connectivity index is 2.32. The van der Waals surface area contributed by atoms with Crippen molar-refractivity contribution in [1.29, 1.82) is 0 Å². The van der Waals surface area contributed by atoms with Crippen molar-refractivity contribution in [2.45, 2.75) is 51.6 Å². The molecule has 0 aromatic heterocycles. The van der Waals surface area contributed by atoms with E-state index in [2.05, 4.69) is 31.1 Å². The second-order valence-electron chi connectivity index (χ2n) is 5.56. The zero-order chi connectivity index (χ0) is 12.7. The fraction of sp³-hybridized carbons (Fsp3) is 1.00. The van der Waals surface area contributed by atoms with Crippen molar-refractivity contribution in [2.75, 3.05) is 33.9 Å². The van der Waals surface area contributed by atoms with E-state index in [-0.39, 0.29) is 0 Å². The van der Waals surface area contributed by atoms with Gasteiger partial charge in [-0.3, -0.25) is 0 Å². The van der Waals surface area contributed by atoms with Gasteiger partial charge in [0, 0.05) is 25.7 Å². The summed E-state index contributed by atoms with van der Waals surface area (Å²) in [6.45, 7) is 7.46. The fourth-order valence-corrected chi connectivity index (χ4v) is 2.85. The van der Waals surface area contributed by atoms with E-state index in [0.717, 1.165) is 31.7 Å². The normalized spacial score (nSPS) is 27.4. The van der Waals surface area contributed by atoms with Crippen LogP contribution in [-0.2, 0) is 4.74 Å². The van der Waals surface area contributed by atoms with E-state index in [1.54, 1.807) is 7.11 Å². The minimum Gasteiger partial charge on any atom is -0.383 e. The van der Waals surface area contributed by atoms with Crippen LogP contribution in [0.2, 0.25) is 0 Å². The van der Waals surface area contributed by atoms with E-state index in [1.807, 2.05) is 0 Å². The molecule has 1 unspecified atom stereocenters. The Morgan fingerprint density at radius 2 is 1.94 bits per heavy atom. The third kappa shape index (κ3) is 5.36. The van der Waals surface area contributed by atoms with Gasteiger partial charge >= 0.3 is 0 Å². The SMILES string of the molecule is CCNC(COC)CN(C)C1CCC(C)CC1. The summed E-state index contributed by atoms with van der Waals surface area (Å²) in [6.07, 6.45) is 5.52. The molecule has 1 saturated carbocycles. The first-order chi connectivity index (χ1) is 8.17. The first-order valence-electron chi connectivity index (χ1n) is 7.09. The number of nitrogens with zero attached hydrogens (tertiary/aromatic N) is 1. The lowest BCUT2D eigenvalue weighted by Gasteiger charge is -2.35. The molecule has 1 aliphatic carbocycles. The maximum absolute atomic E-state index is 5.27. The first kappa shape index (κ1) is 14.9. The van der Waals surface area contributed by atoms with Crippen LogP contribution in [0.3, 0.4) is 0 Å². The standard InChI is InChI=1S/C14H30N2O/c1-5-15-13(11-17-4)10-16(3)14-8-6-12(2)7-9-14/h12-15H,5-11H2,1-4H3. The number of nitrogens with one attached hydrogen (secondary N) is 1. The van der Waals surface area contributed by atoms with E-state index in [1.165, 1.54) is 25.7 Å². The van der Waals surface area contributed by atoms with Gasteiger partial charge in [0.05, 0.1) is 6.61 Å². The quantitative estimate of drug-likeness (QED) is 0.740. The molecule has 0 radical (unpaired) electrons. The van der Waals surface area contributed by atoms with Crippen molar-refractivity contribution in [1.82, 2.24) is 10.2 Å². The predicted molar refractivity (Wildman–Crippen MR) is 73.4 cm³/mol. The average molecular weight is 242 g/mol. The highest BCUT2D eigenvalue weighted by Crippen LogP contribution is 2.26. The molecule has 1 atom stereocenters. The highest BCUT2D eigenvalue weighted by atomic mass is 16.5. The van der Waals surface area contributed by atoms with E-state index >= 15 is 0 Å². The summed E-state index contributed by atoms with van der Waals surface area (Å²) in [7, 11) is 4.05. The molecule has 0 aliphatic heterocycles. The maximum atomic E-state index is 5.27. The molecule has 1 aliphatic rings. The van der Waals surface area contributed by atoms with Crippen LogP contribution >= 0.6 is 0 Å². The number of hydrogen-bond acceptors (Lipinski definition) is 3. The molecular weight excluding hydrogens is 212 g/mol. The summed E-state index contributed by atoms with van der Waals surface area (Å²) in [5.74, 6) is 0.934. The van der Waals surface area contributed by atoms with Gasteiger partial charge in [0.2, 0.25) is 0 Å². The van der Waals surface area contributed by atoms with E-state index in [0.29, 0.717) is 6.04 Å². The second kappa shape index (κ2) is 8.06. The Morgan fingerprint density at radius 3 is 2.47 bits per heavy atom. The van der Waals surface area contributed by atoms with Crippen LogP contribution in [0.5, 0.6) is 0 Å². The van der Waals surface area contributed by atoms with Crippen molar-refractivity contribution < 1.29 is 4.74 Å². The number of ether oxygens (including phenoxy) is 1. The summed E-state index contributed by atoms with van der Waals surface area (Å²) in [5.41, 5.74) is 0. The lowest BCUT2D eigenvalue weighted by atomic mass is 9.86. The number of rotatable bonds is 7. The molecule has 0 amide bonds. The molecule has 0 saturated heterocycles. The largest absolute Gasteiger partial charge is 0.383 e. The molecular formula is C14H30N2O. The minimum absolute atomic E-state index is 0.467. The second-order valence-corrected chi connectivity index (χ2v) is 5.56. The first-order valence-corrected chi connectivity index (χ1v) is 7.09. The van der Waals surface area contributed by atoms with Gasteiger partial charge in [0.1, 0.15) is 0 Å². The average Bonchev–Trinajstić information content (AvgIpc) is 2.30. The van der Waals surface area contributed by atoms with Gasteiger partial charge in [0.25, 0.3) is 0 Å². The smallest absolute Gasteiger partial charge is 0.0628 e. The van der Waals surface area contributed by atoms with E-state index in [9.17, 15) is 0 Å². The third-order valence-electron chi connectivity index (χ3n) is 3.98. The number of methoxy groups -OCH3 is 1. The molecule has 3 nitrogen and oxygen atoms in total. The van der Waals surface area contributed by atoms with Crippen LogP contribution in [0.15, 0.2) is 0 Å². The van der Waals surface area contributed by atoms with Gasteiger partial charge in [-0.2, -0.15) is 0 Å². The Kier molecular flexibility index (Phi) is 7.09. The van der Waals surface area contributed by atoms with E-state index < -0.39 is 0 Å². The highest BCUT2D eigenvalue weighted by molar-refractivity contribution is 4.79. The summed E-state index contributed by atoms with van der Waals surface area (Å²) in [5, 5.41) is 3.50. The maximum Gasteiger partial charge on any atom is 0.0628 e. The van der Waals surface area contributed by atoms with Gasteiger partial charge in [-0.15, -0.1) is 0 Å². The van der Waals surface area contributed by atoms with Crippen molar-refractivity contribution in [3.63, 3.8) is 0 Å². The minimum atomic E-state index is 0.467. The molecule has 1 N–H and O–H groups in total. The molecule has 102 valence electrons. The summed E-state index contributed by atoms with van der Waals surface area (Å²) < 4.78 is 5.27. The molecule has 1 fully saturated rings. The van der Waals surface area contributed by atoms with Crippen molar-refractivity contribution in [3.8, 4) is 0 Å². The fourth-order valence-electron chi connectivity index (χ4n) is 2.85. The van der Waals surface area contributed by atoms with Gasteiger partial charge in [0.15, 0.2) is 0 Å². The lowest BCUT2D eigenvalue weighted by molar-refractivity contribution is 0.114. The zero-order valence-corrected chi connectivity index (χ0v) is 12.0. The van der Waals surface area contributed by atoms with Crippen LogP contribution in [0, 0.1) is 5.92 Å². The van der Waals surface area contributed by atoms with Crippen LogP contribution < -0.4 is 5.32 Å². The van der Waals surface area contributed by atoms with Gasteiger partial charge in [-0.05, 0) is 45.2 Å². The lowest BCUT2D eigenvalue weighted by Crippen LogP contribution is -2.46. The molecule has 3 heteroatoms. The molecule has 0 bridgehead atoms. The number of hydrogen-bond donors (Lipinski definition) is 1. The zero-order valence-electron chi connectivity index (χ0n) is 12.0. The van der Waals surface area contributed by atoms with Crippen molar-refractivity contribution in [2.24, 2.45) is 5.92 Å². The predicted octanol–water partition coefficient (Wildman–Crippen LogP) is 2.12. The van der Waals surface area contributed by atoms with Crippen molar-refractivity contribution >= 4 is 0 Å². The third-order valence-corrected chi connectivity index (χ3v) is 3.98. The Hall–Kier alpha value is -0.120. The summed E-state index contributed by atoms with van der Waals surface area (Å²) in [4.78, 5) is 2.53. The summed E-state index contributed by atoms with van der Waals surface area (Å²) >= 11 is 0. The Morgan fingerprint density at radius 1 is 1.29 bits per heavy atom. The van der Waals surface area contributed by atoms with Crippen LogP contribution in [0.4, 0.5) is 0 Å². The molecule has 0 spiro atoms. The summed E-state index contributed by atoms with van der Waals surface area (Å²) in [6, 6.07) is 1.25. The van der Waals surface area contributed by atoms with Gasteiger partial charge in [-0.1, -0.05) is 13.8 Å². The Labute approximate surface area is 107 Å². The van der Waals surface area contributed by atoms with Crippen LogP contribution in [-0.4, -0.2) is 50.8 Å². The van der Waals surface area contributed by atoms with Crippen LogP contribution in [0.1, 0.15) is 39.5 Å². The molecule has 0 heterocycles. The number of likely N-dealkylation sites (N-methyl/N-ethyl adjacent to an activating group) is 2. The topological polar surface area (TPSA) is 24.5 Å². The highest BCUT2D eigenvalue weighted by Gasteiger charge is 2.23. The molecule has 17 heavy (non-hydrogen) atoms.